The molecule has 0 atom stereocenters. The van der Waals surface area contributed by atoms with E-state index in [9.17, 15) is 4.79 Å². The summed E-state index contributed by atoms with van der Waals surface area (Å²) in [4.78, 5) is 15.9. The lowest BCUT2D eigenvalue weighted by atomic mass is 10.2. The number of hydrogen-bond acceptors (Lipinski definition) is 5. The number of pyridine rings is 1. The first-order chi connectivity index (χ1) is 9.11. The molecule has 8 nitrogen and oxygen atoms in total. The number of anilines is 1. The second-order valence-electron chi connectivity index (χ2n) is 3.49. The van der Waals surface area contributed by atoms with E-state index >= 15 is 0 Å². The topological polar surface area (TPSA) is 129 Å². The van der Waals surface area contributed by atoms with E-state index in [1.165, 1.54) is 12.4 Å². The second-order valence-corrected chi connectivity index (χ2v) is 4.41. The first-order valence-electron chi connectivity index (χ1n) is 5.05. The summed E-state index contributed by atoms with van der Waals surface area (Å²) in [5.41, 5.74) is 6.09. The minimum Gasteiger partial charge on any atom is -0.409 e. The van der Waals surface area contributed by atoms with Crippen LogP contribution in [0.15, 0.2) is 34.3 Å². The molecule has 0 aliphatic carbocycles. The van der Waals surface area contributed by atoms with Crippen molar-refractivity contribution in [1.29, 1.82) is 0 Å². The Kier molecular flexibility index (Phi) is 3.76. The van der Waals surface area contributed by atoms with Crippen LogP contribution in [0.5, 0.6) is 0 Å². The van der Waals surface area contributed by atoms with Gasteiger partial charge in [0.05, 0.1) is 17.3 Å². The number of hydrogen-bond donors (Lipinski definition) is 4. The number of H-pyrrole nitrogens is 1. The molecular formula is C10H9BrN6O2. The Balaban J connectivity index is 2.23. The first-order valence-corrected chi connectivity index (χ1v) is 5.84. The fourth-order valence-electron chi connectivity index (χ4n) is 1.35. The van der Waals surface area contributed by atoms with E-state index in [1.54, 1.807) is 12.3 Å². The van der Waals surface area contributed by atoms with Crippen molar-refractivity contribution in [2.24, 2.45) is 10.9 Å². The number of oxime groups is 1. The van der Waals surface area contributed by atoms with Gasteiger partial charge in [-0.05, 0) is 22.0 Å². The number of rotatable bonds is 3. The summed E-state index contributed by atoms with van der Waals surface area (Å²) in [7, 11) is 0. The number of nitrogens with zero attached hydrogens (tertiary/aromatic N) is 3. The summed E-state index contributed by atoms with van der Waals surface area (Å²) in [5.74, 6) is -0.318. The molecule has 0 aliphatic rings. The molecule has 9 heteroatoms. The number of aromatic amines is 1. The molecule has 5 N–H and O–H groups in total. The van der Waals surface area contributed by atoms with Crippen LogP contribution in [-0.4, -0.2) is 32.1 Å². The molecule has 2 rings (SSSR count). The summed E-state index contributed by atoms with van der Waals surface area (Å²) < 4.78 is 0.682. The van der Waals surface area contributed by atoms with Gasteiger partial charge in [0.1, 0.15) is 5.82 Å². The fraction of sp³-hybridized carbons (Fsp3) is 0. The van der Waals surface area contributed by atoms with Crippen molar-refractivity contribution in [3.8, 4) is 0 Å². The van der Waals surface area contributed by atoms with Gasteiger partial charge in [-0.2, -0.15) is 5.10 Å². The third-order valence-electron chi connectivity index (χ3n) is 2.23. The van der Waals surface area contributed by atoms with Crippen molar-refractivity contribution in [2.45, 2.75) is 0 Å². The van der Waals surface area contributed by atoms with E-state index in [4.69, 9.17) is 10.9 Å². The van der Waals surface area contributed by atoms with Gasteiger partial charge >= 0.3 is 0 Å². The van der Waals surface area contributed by atoms with Crippen LogP contribution in [0.4, 0.5) is 5.82 Å². The highest BCUT2D eigenvalue weighted by atomic mass is 79.9. The lowest BCUT2D eigenvalue weighted by molar-refractivity contribution is 0.102. The molecule has 0 saturated carbocycles. The zero-order valence-electron chi connectivity index (χ0n) is 9.46. The van der Waals surface area contributed by atoms with Crippen LogP contribution < -0.4 is 11.1 Å². The van der Waals surface area contributed by atoms with Crippen LogP contribution in [0, 0.1) is 0 Å². The van der Waals surface area contributed by atoms with Gasteiger partial charge in [0.15, 0.2) is 5.84 Å². The summed E-state index contributed by atoms with van der Waals surface area (Å²) in [6, 6.07) is 1.61. The number of aromatic nitrogens is 3. The molecule has 2 heterocycles. The van der Waals surface area contributed by atoms with Crippen molar-refractivity contribution in [3.05, 3.63) is 40.3 Å². The number of halogens is 1. The highest BCUT2D eigenvalue weighted by Crippen LogP contribution is 2.14. The molecule has 0 fully saturated rings. The van der Waals surface area contributed by atoms with E-state index < -0.39 is 5.91 Å². The molecule has 0 spiro atoms. The summed E-state index contributed by atoms with van der Waals surface area (Å²) in [5, 5.41) is 20.3. The largest absolute Gasteiger partial charge is 0.409 e. The number of amidine groups is 1. The van der Waals surface area contributed by atoms with E-state index in [0.29, 0.717) is 15.6 Å². The summed E-state index contributed by atoms with van der Waals surface area (Å²) in [6.07, 6.45) is 4.32. The number of nitrogens with one attached hydrogen (secondary N) is 2. The van der Waals surface area contributed by atoms with Crippen LogP contribution in [0.3, 0.4) is 0 Å². The SMILES string of the molecule is NC(=NO)c1cn[nH]c1NC(=O)c1cncc(Br)c1. The number of carbonyl (C=O) groups excluding carboxylic acids is 1. The van der Waals surface area contributed by atoms with Crippen LogP contribution in [0.2, 0.25) is 0 Å². The maximum absolute atomic E-state index is 12.0. The average Bonchev–Trinajstić information content (AvgIpc) is 2.86. The second kappa shape index (κ2) is 5.48. The van der Waals surface area contributed by atoms with Gasteiger partial charge in [0, 0.05) is 16.9 Å². The highest BCUT2D eigenvalue weighted by molar-refractivity contribution is 9.10. The summed E-state index contributed by atoms with van der Waals surface area (Å²) in [6.45, 7) is 0. The monoisotopic (exact) mass is 324 g/mol. The van der Waals surface area contributed by atoms with Crippen LogP contribution >= 0.6 is 15.9 Å². The molecule has 0 bridgehead atoms. The third-order valence-corrected chi connectivity index (χ3v) is 2.66. The number of nitrogens with two attached hydrogens (primary N) is 1. The molecule has 2 aromatic heterocycles. The minimum absolute atomic E-state index is 0.156. The van der Waals surface area contributed by atoms with Gasteiger partial charge < -0.3 is 16.3 Å². The quantitative estimate of drug-likeness (QED) is 0.288. The summed E-state index contributed by atoms with van der Waals surface area (Å²) >= 11 is 3.22. The molecule has 1 amide bonds. The molecule has 19 heavy (non-hydrogen) atoms. The van der Waals surface area contributed by atoms with Crippen molar-refractivity contribution >= 4 is 33.5 Å². The molecule has 0 radical (unpaired) electrons. The van der Waals surface area contributed by atoms with Crippen LogP contribution in [0.25, 0.3) is 0 Å². The van der Waals surface area contributed by atoms with Crippen LogP contribution in [-0.2, 0) is 0 Å². The smallest absolute Gasteiger partial charge is 0.258 e. The van der Waals surface area contributed by atoms with Gasteiger partial charge in [-0.25, -0.2) is 0 Å². The Morgan fingerprint density at radius 3 is 2.95 bits per heavy atom. The lowest BCUT2D eigenvalue weighted by Crippen LogP contribution is -2.18. The van der Waals surface area contributed by atoms with E-state index in [2.05, 4.69) is 41.6 Å². The predicted octanol–water partition coefficient (Wildman–Crippen LogP) is 0.914. The molecule has 0 saturated heterocycles. The van der Waals surface area contributed by atoms with Crippen molar-refractivity contribution < 1.29 is 10.0 Å². The predicted molar refractivity (Wildman–Crippen MR) is 71.0 cm³/mol. The Morgan fingerprint density at radius 1 is 1.47 bits per heavy atom. The molecule has 0 aliphatic heterocycles. The fourth-order valence-corrected chi connectivity index (χ4v) is 1.72. The standard InChI is InChI=1S/C10H9BrN6O2/c11-6-1-5(2-13-3-6)10(18)15-9-7(4-14-16-9)8(12)17-19/h1-4,19H,(H2,12,17)(H2,14,15,16,18). The van der Waals surface area contributed by atoms with Crippen LogP contribution in [0.1, 0.15) is 15.9 Å². The highest BCUT2D eigenvalue weighted by Gasteiger charge is 2.14. The Labute approximate surface area is 115 Å². The Morgan fingerprint density at radius 2 is 2.26 bits per heavy atom. The van der Waals surface area contributed by atoms with E-state index in [0.717, 1.165) is 0 Å². The molecule has 98 valence electrons. The lowest BCUT2D eigenvalue weighted by Gasteiger charge is -2.04. The number of amides is 1. The molecule has 0 unspecified atom stereocenters. The maximum Gasteiger partial charge on any atom is 0.258 e. The van der Waals surface area contributed by atoms with Crippen molar-refractivity contribution in [3.63, 3.8) is 0 Å². The molecule has 2 aromatic rings. The van der Waals surface area contributed by atoms with Crippen molar-refractivity contribution in [2.75, 3.05) is 5.32 Å². The molecular weight excluding hydrogens is 316 g/mol. The zero-order valence-corrected chi connectivity index (χ0v) is 11.0. The minimum atomic E-state index is -0.398. The van der Waals surface area contributed by atoms with Gasteiger partial charge in [-0.15, -0.1) is 0 Å². The van der Waals surface area contributed by atoms with Gasteiger partial charge in [0.25, 0.3) is 5.91 Å². The van der Waals surface area contributed by atoms with Gasteiger partial charge in [0.2, 0.25) is 0 Å². The normalized spacial score (nSPS) is 11.3. The Bertz CT molecular complexity index is 638. The third kappa shape index (κ3) is 2.88. The van der Waals surface area contributed by atoms with Gasteiger partial charge in [-0.1, -0.05) is 5.16 Å². The first kappa shape index (κ1) is 13.0. The average molecular weight is 325 g/mol. The molecule has 0 aromatic carbocycles. The Hall–Kier alpha value is -2.42. The van der Waals surface area contributed by atoms with Crippen molar-refractivity contribution in [1.82, 2.24) is 15.2 Å². The van der Waals surface area contributed by atoms with Gasteiger partial charge in [-0.3, -0.25) is 14.9 Å². The maximum atomic E-state index is 12.0. The van der Waals surface area contributed by atoms with E-state index in [-0.39, 0.29) is 11.7 Å². The zero-order chi connectivity index (χ0) is 13.8. The number of carbonyl (C=O) groups is 1. The van der Waals surface area contributed by atoms with E-state index in [1.807, 2.05) is 0 Å².